The van der Waals surface area contributed by atoms with Crippen molar-refractivity contribution in [2.24, 2.45) is 0 Å². The predicted molar refractivity (Wildman–Crippen MR) is 137 cm³/mol. The Kier molecular flexibility index (Phi) is 5.94. The summed E-state index contributed by atoms with van der Waals surface area (Å²) >= 11 is 8.04. The van der Waals surface area contributed by atoms with Crippen LogP contribution in [0.2, 0.25) is 5.02 Å². The zero-order chi connectivity index (χ0) is 25.0. The molecule has 2 saturated heterocycles. The van der Waals surface area contributed by atoms with Gasteiger partial charge < -0.3 is 15.0 Å². The standard InChI is InChI=1S/C26H25ClN4O4S/c1-14(31-22(32)2-3-23(31)33)21-13-19-25(36-21)17(4-5-29-19)18-12-16(27)10-15-11-20(35-24(15)18)26(34)30-8-6-28-7-9-30/h4-5,10,12-14,20,28H,2-3,6-9,11H2,1H3/t14-,20+/m0/s1. The predicted octanol–water partition coefficient (Wildman–Crippen LogP) is 3.56. The number of fused-ring (bicyclic) bond motifs is 2. The number of pyridine rings is 1. The lowest BCUT2D eigenvalue weighted by Gasteiger charge is -2.29. The van der Waals surface area contributed by atoms with Crippen molar-refractivity contribution < 1.29 is 19.1 Å². The highest BCUT2D eigenvalue weighted by Crippen LogP contribution is 2.45. The second-order valence-electron chi connectivity index (χ2n) is 9.38. The summed E-state index contributed by atoms with van der Waals surface area (Å²) in [5, 5.41) is 3.84. The summed E-state index contributed by atoms with van der Waals surface area (Å²) in [5.74, 6) is 0.397. The fourth-order valence-electron chi connectivity index (χ4n) is 5.28. The Hall–Kier alpha value is -3.01. The van der Waals surface area contributed by atoms with Crippen LogP contribution in [0, 0.1) is 0 Å². The zero-order valence-electron chi connectivity index (χ0n) is 19.8. The van der Waals surface area contributed by atoms with E-state index in [0.717, 1.165) is 44.9 Å². The van der Waals surface area contributed by atoms with Gasteiger partial charge in [-0.25, -0.2) is 0 Å². The van der Waals surface area contributed by atoms with E-state index in [9.17, 15) is 14.4 Å². The van der Waals surface area contributed by atoms with Crippen LogP contribution in [0.3, 0.4) is 0 Å². The minimum Gasteiger partial charge on any atom is -0.479 e. The first kappa shape index (κ1) is 23.4. The molecule has 2 atom stereocenters. The number of piperazine rings is 1. The molecule has 36 heavy (non-hydrogen) atoms. The fourth-order valence-corrected chi connectivity index (χ4v) is 6.71. The number of hydrogen-bond donors (Lipinski definition) is 1. The quantitative estimate of drug-likeness (QED) is 0.525. The average Bonchev–Trinajstić information content (AvgIpc) is 3.59. The molecule has 2 fully saturated rings. The summed E-state index contributed by atoms with van der Waals surface area (Å²) in [4.78, 5) is 46.4. The Morgan fingerprint density at radius 3 is 2.67 bits per heavy atom. The van der Waals surface area contributed by atoms with Gasteiger partial charge >= 0.3 is 0 Å². The van der Waals surface area contributed by atoms with Gasteiger partial charge in [-0.05, 0) is 31.2 Å². The van der Waals surface area contributed by atoms with Crippen LogP contribution in [-0.2, 0) is 20.8 Å². The zero-order valence-corrected chi connectivity index (χ0v) is 21.3. The lowest BCUT2D eigenvalue weighted by molar-refractivity contribution is -0.141. The molecule has 0 aliphatic carbocycles. The Morgan fingerprint density at radius 2 is 1.92 bits per heavy atom. The molecule has 0 saturated carbocycles. The normalized spacial score (nSPS) is 20.7. The monoisotopic (exact) mass is 524 g/mol. The van der Waals surface area contributed by atoms with E-state index in [4.69, 9.17) is 16.3 Å². The van der Waals surface area contributed by atoms with Crippen molar-refractivity contribution in [3.63, 3.8) is 0 Å². The Bertz CT molecular complexity index is 1380. The van der Waals surface area contributed by atoms with E-state index >= 15 is 0 Å². The van der Waals surface area contributed by atoms with Gasteiger partial charge in [0.25, 0.3) is 5.91 Å². The molecule has 3 aliphatic rings. The number of rotatable bonds is 4. The molecule has 10 heteroatoms. The maximum absolute atomic E-state index is 13.1. The van der Waals surface area contributed by atoms with Crippen molar-refractivity contribution in [2.75, 3.05) is 26.2 Å². The number of amides is 3. The number of carbonyl (C=O) groups excluding carboxylic acids is 3. The van der Waals surface area contributed by atoms with E-state index in [-0.39, 0.29) is 36.6 Å². The number of benzene rings is 1. The number of hydrogen-bond acceptors (Lipinski definition) is 7. The van der Waals surface area contributed by atoms with E-state index in [1.54, 1.807) is 6.20 Å². The average molecular weight is 525 g/mol. The van der Waals surface area contributed by atoms with Gasteiger partial charge in [-0.3, -0.25) is 24.3 Å². The summed E-state index contributed by atoms with van der Waals surface area (Å²) in [5.41, 5.74) is 3.40. The van der Waals surface area contributed by atoms with E-state index in [2.05, 4.69) is 10.3 Å². The number of nitrogens with one attached hydrogen (secondary N) is 1. The molecule has 8 nitrogen and oxygen atoms in total. The molecule has 0 spiro atoms. The maximum Gasteiger partial charge on any atom is 0.264 e. The summed E-state index contributed by atoms with van der Waals surface area (Å²) in [6.45, 7) is 4.78. The number of nitrogens with zero attached hydrogens (tertiary/aromatic N) is 3. The number of ether oxygens (including phenoxy) is 1. The highest BCUT2D eigenvalue weighted by molar-refractivity contribution is 7.19. The molecule has 0 unspecified atom stereocenters. The summed E-state index contributed by atoms with van der Waals surface area (Å²) < 4.78 is 7.21. The summed E-state index contributed by atoms with van der Waals surface area (Å²) in [6.07, 6.45) is 2.16. The highest BCUT2D eigenvalue weighted by atomic mass is 35.5. The largest absolute Gasteiger partial charge is 0.479 e. The molecule has 3 amide bonds. The van der Waals surface area contributed by atoms with Gasteiger partial charge in [0.05, 0.1) is 16.3 Å². The van der Waals surface area contributed by atoms with Crippen molar-refractivity contribution in [1.82, 2.24) is 20.1 Å². The molecular weight excluding hydrogens is 500 g/mol. The minimum absolute atomic E-state index is 0.00169. The van der Waals surface area contributed by atoms with Crippen molar-refractivity contribution in [1.29, 1.82) is 0 Å². The van der Waals surface area contributed by atoms with Crippen LogP contribution < -0.4 is 10.1 Å². The number of imide groups is 1. The van der Waals surface area contributed by atoms with E-state index in [1.165, 1.54) is 16.2 Å². The van der Waals surface area contributed by atoms with Crippen LogP contribution in [0.4, 0.5) is 0 Å². The molecular formula is C26H25ClN4O4S. The fraction of sp³-hybridized carbons (Fsp3) is 0.385. The summed E-state index contributed by atoms with van der Waals surface area (Å²) in [6, 6.07) is 7.23. The Morgan fingerprint density at radius 1 is 1.17 bits per heavy atom. The first-order chi connectivity index (χ1) is 17.4. The van der Waals surface area contributed by atoms with E-state index < -0.39 is 6.10 Å². The topological polar surface area (TPSA) is 91.8 Å². The third-order valence-corrected chi connectivity index (χ3v) is 8.66. The molecule has 2 aromatic heterocycles. The van der Waals surface area contributed by atoms with Crippen molar-refractivity contribution in [2.45, 2.75) is 38.3 Å². The van der Waals surface area contributed by atoms with Crippen molar-refractivity contribution >= 4 is 50.9 Å². The number of likely N-dealkylation sites (tertiary alicyclic amines) is 1. The molecule has 186 valence electrons. The van der Waals surface area contributed by atoms with Crippen molar-refractivity contribution in [3.05, 3.63) is 45.9 Å². The van der Waals surface area contributed by atoms with Gasteiger partial charge in [0, 0.05) is 78.2 Å². The molecule has 5 heterocycles. The van der Waals surface area contributed by atoms with Crippen LogP contribution in [0.1, 0.15) is 36.2 Å². The molecule has 6 rings (SSSR count). The molecule has 1 N–H and O–H groups in total. The molecule has 0 bridgehead atoms. The second-order valence-corrected chi connectivity index (χ2v) is 10.9. The maximum atomic E-state index is 13.1. The van der Waals surface area contributed by atoms with Gasteiger partial charge in [0.1, 0.15) is 5.75 Å². The molecule has 1 aromatic carbocycles. The molecule has 0 radical (unpaired) electrons. The van der Waals surface area contributed by atoms with Gasteiger partial charge in [-0.1, -0.05) is 11.6 Å². The number of halogens is 1. The lowest BCUT2D eigenvalue weighted by atomic mass is 10.0. The number of carbonyl (C=O) groups is 3. The van der Waals surface area contributed by atoms with Gasteiger partial charge in [0.2, 0.25) is 11.8 Å². The van der Waals surface area contributed by atoms with E-state index in [1.807, 2.05) is 36.1 Å². The van der Waals surface area contributed by atoms with Crippen molar-refractivity contribution in [3.8, 4) is 16.9 Å². The first-order valence-electron chi connectivity index (χ1n) is 12.1. The third kappa shape index (κ3) is 3.95. The highest BCUT2D eigenvalue weighted by Gasteiger charge is 2.36. The molecule has 3 aromatic rings. The number of aromatic nitrogens is 1. The van der Waals surface area contributed by atoms with E-state index in [0.29, 0.717) is 30.3 Å². The van der Waals surface area contributed by atoms with Crippen LogP contribution >= 0.6 is 22.9 Å². The third-order valence-electron chi connectivity index (χ3n) is 7.11. The Balaban J connectivity index is 1.36. The first-order valence-corrected chi connectivity index (χ1v) is 13.3. The van der Waals surface area contributed by atoms with Crippen LogP contribution in [0.15, 0.2) is 30.5 Å². The van der Waals surface area contributed by atoms with Crippen LogP contribution in [0.25, 0.3) is 21.3 Å². The van der Waals surface area contributed by atoms with Gasteiger partial charge in [-0.15, -0.1) is 11.3 Å². The minimum atomic E-state index is -0.571. The SMILES string of the molecule is C[C@@H](c1cc2nccc(-c3cc(Cl)cc4c3O[C@@H](C(=O)N3CCNCC3)C4)c2s1)N1C(=O)CCC1=O. The second kappa shape index (κ2) is 9.14. The van der Waals surface area contributed by atoms with Crippen LogP contribution in [0.5, 0.6) is 5.75 Å². The Labute approximate surface area is 217 Å². The number of thiophene rings is 1. The van der Waals surface area contributed by atoms with Gasteiger partial charge in [0.15, 0.2) is 6.10 Å². The van der Waals surface area contributed by atoms with Gasteiger partial charge in [-0.2, -0.15) is 0 Å². The molecule has 3 aliphatic heterocycles. The smallest absolute Gasteiger partial charge is 0.264 e. The van der Waals surface area contributed by atoms with Crippen LogP contribution in [-0.4, -0.2) is 64.8 Å². The summed E-state index contributed by atoms with van der Waals surface area (Å²) in [7, 11) is 0. The lowest BCUT2D eigenvalue weighted by Crippen LogP contribution is -2.50.